The third-order valence-electron chi connectivity index (χ3n) is 4.34. The number of hydrogen-bond donors (Lipinski definition) is 0. The van der Waals surface area contributed by atoms with E-state index in [-0.39, 0.29) is 5.56 Å². The molecule has 0 aliphatic heterocycles. The maximum Gasteiger partial charge on any atom is 0.308 e. The fourth-order valence-corrected chi connectivity index (χ4v) is 3.90. The highest BCUT2D eigenvalue weighted by molar-refractivity contribution is 7.15. The minimum absolute atomic E-state index is 0.257. The average molecular weight is 437 g/mol. The highest BCUT2D eigenvalue weighted by Crippen LogP contribution is 2.28. The van der Waals surface area contributed by atoms with E-state index in [4.69, 9.17) is 14.2 Å². The molecule has 2 aromatic heterocycles. The maximum atomic E-state index is 12.8. The number of methoxy groups -OCH3 is 1. The Morgan fingerprint density at radius 1 is 1.16 bits per heavy atom. The molecule has 9 heteroatoms. The van der Waals surface area contributed by atoms with E-state index in [1.165, 1.54) is 29.9 Å². The van der Waals surface area contributed by atoms with Crippen LogP contribution < -0.4 is 24.3 Å². The molecule has 0 atom stereocenters. The van der Waals surface area contributed by atoms with Crippen molar-refractivity contribution < 1.29 is 19.0 Å². The van der Waals surface area contributed by atoms with Crippen LogP contribution in [0, 0.1) is 0 Å². The largest absolute Gasteiger partial charge is 0.494 e. The van der Waals surface area contributed by atoms with Gasteiger partial charge in [0.15, 0.2) is 17.3 Å². The summed E-state index contributed by atoms with van der Waals surface area (Å²) in [6.07, 6.45) is 1.72. The molecule has 4 rings (SSSR count). The van der Waals surface area contributed by atoms with Crippen LogP contribution in [0.4, 0.5) is 0 Å². The van der Waals surface area contributed by atoms with Crippen molar-refractivity contribution in [3.63, 3.8) is 0 Å². The highest BCUT2D eigenvalue weighted by atomic mass is 32.1. The summed E-state index contributed by atoms with van der Waals surface area (Å²) >= 11 is 1.24. The standard InChI is InChI=1S/C22H19N3O5S/c1-4-29-16-8-6-15(7-9-16)20-23-22-25(24-20)21(27)19(31-22)12-14-5-10-17(30-13(2)26)18(11-14)28-3/h5-12H,4H2,1-3H3/b19-12-. The van der Waals surface area contributed by atoms with Crippen molar-refractivity contribution in [3.05, 3.63) is 62.9 Å². The summed E-state index contributed by atoms with van der Waals surface area (Å²) in [5, 5.41) is 4.36. The normalized spacial score (nSPS) is 11.6. The van der Waals surface area contributed by atoms with Gasteiger partial charge in [0, 0.05) is 12.5 Å². The fourth-order valence-electron chi connectivity index (χ4n) is 2.99. The first-order chi connectivity index (χ1) is 15.0. The molecule has 0 bridgehead atoms. The first-order valence-corrected chi connectivity index (χ1v) is 10.3. The molecule has 4 aromatic rings. The number of ether oxygens (including phenoxy) is 3. The van der Waals surface area contributed by atoms with Crippen molar-refractivity contribution in [1.29, 1.82) is 0 Å². The number of aromatic nitrogens is 3. The third kappa shape index (κ3) is 4.26. The molecule has 2 heterocycles. The van der Waals surface area contributed by atoms with E-state index < -0.39 is 5.97 Å². The van der Waals surface area contributed by atoms with E-state index in [1.807, 2.05) is 31.2 Å². The van der Waals surface area contributed by atoms with Crippen LogP contribution in [0.2, 0.25) is 0 Å². The Kier molecular flexibility index (Phi) is 5.68. The van der Waals surface area contributed by atoms with Gasteiger partial charge in [0.1, 0.15) is 5.75 Å². The lowest BCUT2D eigenvalue weighted by Crippen LogP contribution is -2.23. The van der Waals surface area contributed by atoms with E-state index in [0.717, 1.165) is 16.9 Å². The lowest BCUT2D eigenvalue weighted by molar-refractivity contribution is -0.132. The molecule has 31 heavy (non-hydrogen) atoms. The molecule has 0 aliphatic rings. The van der Waals surface area contributed by atoms with Crippen LogP contribution in [-0.4, -0.2) is 34.3 Å². The van der Waals surface area contributed by atoms with Crippen molar-refractivity contribution in [2.45, 2.75) is 13.8 Å². The predicted molar refractivity (Wildman–Crippen MR) is 117 cm³/mol. The molecule has 0 saturated heterocycles. The molecular weight excluding hydrogens is 418 g/mol. The van der Waals surface area contributed by atoms with Crippen LogP contribution in [0.25, 0.3) is 22.4 Å². The summed E-state index contributed by atoms with van der Waals surface area (Å²) in [5.74, 6) is 1.52. The minimum Gasteiger partial charge on any atom is -0.494 e. The Morgan fingerprint density at radius 3 is 2.58 bits per heavy atom. The van der Waals surface area contributed by atoms with Gasteiger partial charge in [-0.05, 0) is 55.0 Å². The Labute approximate surface area is 181 Å². The van der Waals surface area contributed by atoms with Crippen LogP contribution in [0.5, 0.6) is 17.2 Å². The second kappa shape index (κ2) is 8.57. The van der Waals surface area contributed by atoms with Gasteiger partial charge < -0.3 is 14.2 Å². The van der Waals surface area contributed by atoms with Gasteiger partial charge in [-0.25, -0.2) is 0 Å². The smallest absolute Gasteiger partial charge is 0.308 e. The van der Waals surface area contributed by atoms with E-state index >= 15 is 0 Å². The molecule has 0 N–H and O–H groups in total. The lowest BCUT2D eigenvalue weighted by Gasteiger charge is -2.08. The van der Waals surface area contributed by atoms with Crippen molar-refractivity contribution in [2.24, 2.45) is 0 Å². The molecule has 8 nitrogen and oxygen atoms in total. The van der Waals surface area contributed by atoms with Gasteiger partial charge in [-0.1, -0.05) is 17.4 Å². The molecule has 2 aromatic carbocycles. The topological polar surface area (TPSA) is 92.0 Å². The van der Waals surface area contributed by atoms with Crippen LogP contribution in [0.3, 0.4) is 0 Å². The fraction of sp³-hybridized carbons (Fsp3) is 0.182. The number of rotatable bonds is 6. The second-order valence-electron chi connectivity index (χ2n) is 6.51. The van der Waals surface area contributed by atoms with Gasteiger partial charge in [-0.15, -0.1) is 5.10 Å². The van der Waals surface area contributed by atoms with Crippen molar-refractivity contribution in [3.8, 4) is 28.6 Å². The summed E-state index contributed by atoms with van der Waals surface area (Å²) in [4.78, 5) is 29.0. The van der Waals surface area contributed by atoms with E-state index in [2.05, 4.69) is 10.1 Å². The van der Waals surface area contributed by atoms with Crippen molar-refractivity contribution in [2.75, 3.05) is 13.7 Å². The SMILES string of the molecule is CCOc1ccc(-c2nc3s/c(=C\c4ccc(OC(C)=O)c(OC)c4)c(=O)n3n2)cc1. The van der Waals surface area contributed by atoms with Gasteiger partial charge in [0.25, 0.3) is 5.56 Å². The monoisotopic (exact) mass is 437 g/mol. The van der Waals surface area contributed by atoms with Gasteiger partial charge in [0.2, 0.25) is 4.96 Å². The number of fused-ring (bicyclic) bond motifs is 1. The minimum atomic E-state index is -0.439. The van der Waals surface area contributed by atoms with E-state index in [1.54, 1.807) is 24.3 Å². The Hall–Kier alpha value is -3.72. The maximum absolute atomic E-state index is 12.8. The molecule has 0 unspecified atom stereocenters. The molecular formula is C22H19N3O5S. The predicted octanol–water partition coefficient (Wildman–Crippen LogP) is 2.70. The lowest BCUT2D eigenvalue weighted by atomic mass is 10.2. The van der Waals surface area contributed by atoms with Gasteiger partial charge in [-0.3, -0.25) is 9.59 Å². The first-order valence-electron chi connectivity index (χ1n) is 9.49. The van der Waals surface area contributed by atoms with Gasteiger partial charge in [0.05, 0.1) is 18.2 Å². The van der Waals surface area contributed by atoms with E-state index in [9.17, 15) is 9.59 Å². The summed E-state index contributed by atoms with van der Waals surface area (Å²) in [5.41, 5.74) is 1.27. The zero-order valence-electron chi connectivity index (χ0n) is 17.1. The number of carbonyl (C=O) groups excluding carboxylic acids is 1. The summed E-state index contributed by atoms with van der Waals surface area (Å²) in [6, 6.07) is 12.5. The van der Waals surface area contributed by atoms with Gasteiger partial charge >= 0.3 is 5.97 Å². The summed E-state index contributed by atoms with van der Waals surface area (Å²) in [6.45, 7) is 3.84. The summed E-state index contributed by atoms with van der Waals surface area (Å²) in [7, 11) is 1.48. The van der Waals surface area contributed by atoms with Crippen LogP contribution in [-0.2, 0) is 4.79 Å². The number of nitrogens with zero attached hydrogens (tertiary/aromatic N) is 3. The highest BCUT2D eigenvalue weighted by Gasteiger charge is 2.13. The van der Waals surface area contributed by atoms with Crippen LogP contribution in [0.15, 0.2) is 47.3 Å². The zero-order valence-corrected chi connectivity index (χ0v) is 17.9. The summed E-state index contributed by atoms with van der Waals surface area (Å²) < 4.78 is 17.6. The Balaban J connectivity index is 1.67. The number of esters is 1. The Bertz CT molecular complexity index is 1360. The molecule has 0 saturated carbocycles. The quantitative estimate of drug-likeness (QED) is 0.338. The molecule has 158 valence electrons. The Morgan fingerprint density at radius 2 is 1.94 bits per heavy atom. The van der Waals surface area contributed by atoms with Crippen LogP contribution >= 0.6 is 11.3 Å². The van der Waals surface area contributed by atoms with E-state index in [0.29, 0.717) is 33.4 Å². The third-order valence-corrected chi connectivity index (χ3v) is 5.30. The number of hydrogen-bond acceptors (Lipinski definition) is 8. The van der Waals surface area contributed by atoms with Crippen molar-refractivity contribution >= 4 is 28.3 Å². The number of carbonyl (C=O) groups is 1. The first kappa shape index (κ1) is 20.5. The molecule has 0 fully saturated rings. The zero-order chi connectivity index (χ0) is 22.0. The molecule has 0 radical (unpaired) electrons. The van der Waals surface area contributed by atoms with Crippen LogP contribution in [0.1, 0.15) is 19.4 Å². The average Bonchev–Trinajstić information content (AvgIpc) is 3.29. The number of thiazole rings is 1. The number of benzene rings is 2. The van der Waals surface area contributed by atoms with Crippen molar-refractivity contribution in [1.82, 2.24) is 14.6 Å². The molecule has 0 amide bonds. The second-order valence-corrected chi connectivity index (χ2v) is 7.52. The molecule has 0 aliphatic carbocycles. The molecule has 0 spiro atoms. The van der Waals surface area contributed by atoms with Gasteiger partial charge in [-0.2, -0.15) is 9.50 Å².